The van der Waals surface area contributed by atoms with Crippen molar-refractivity contribution in [3.8, 4) is 0 Å². The van der Waals surface area contributed by atoms with Gasteiger partial charge < -0.3 is 10.0 Å². The molecule has 18 heavy (non-hydrogen) atoms. The molecule has 1 aromatic carbocycles. The Morgan fingerprint density at radius 1 is 1.44 bits per heavy atom. The third-order valence-corrected chi connectivity index (χ3v) is 5.41. The average molecular weight is 357 g/mol. The molecule has 1 heterocycles. The second kappa shape index (κ2) is 4.20. The van der Waals surface area contributed by atoms with Crippen LogP contribution in [-0.4, -0.2) is 34.6 Å². The van der Waals surface area contributed by atoms with E-state index in [-0.39, 0.29) is 5.91 Å². The second-order valence-corrected chi connectivity index (χ2v) is 6.55. The minimum atomic E-state index is -0.592. The molecule has 0 unspecified atom stereocenters. The zero-order chi connectivity index (χ0) is 12.9. The zero-order valence-electron chi connectivity index (χ0n) is 10.3. The SMILES string of the molecule is Cc1cccc(C(=O)N2CC(O)(C3CC3)C2)c1I. The molecule has 3 rings (SSSR count). The molecule has 0 aromatic heterocycles. The van der Waals surface area contributed by atoms with Crippen molar-refractivity contribution in [3.63, 3.8) is 0 Å². The van der Waals surface area contributed by atoms with E-state index in [9.17, 15) is 9.90 Å². The molecule has 96 valence electrons. The van der Waals surface area contributed by atoms with Crippen LogP contribution in [0.2, 0.25) is 0 Å². The molecule has 0 spiro atoms. The summed E-state index contributed by atoms with van der Waals surface area (Å²) in [7, 11) is 0. The number of hydrogen-bond donors (Lipinski definition) is 1. The first-order valence-electron chi connectivity index (χ1n) is 6.28. The highest BCUT2D eigenvalue weighted by atomic mass is 127. The molecule has 4 heteroatoms. The maximum absolute atomic E-state index is 12.3. The standard InChI is InChI=1S/C14H16INO2/c1-9-3-2-4-11(12(9)15)13(17)16-7-14(18,8-16)10-5-6-10/h2-4,10,18H,5-8H2,1H3. The molecule has 0 radical (unpaired) electrons. The monoisotopic (exact) mass is 357 g/mol. The first kappa shape index (κ1) is 12.4. The van der Waals surface area contributed by atoms with Gasteiger partial charge in [-0.2, -0.15) is 0 Å². The fourth-order valence-corrected chi connectivity index (χ4v) is 3.21. The first-order valence-corrected chi connectivity index (χ1v) is 7.36. The molecule has 1 aromatic rings. The smallest absolute Gasteiger partial charge is 0.255 e. The Bertz CT molecular complexity index is 505. The van der Waals surface area contributed by atoms with Crippen LogP contribution in [0.15, 0.2) is 18.2 Å². The second-order valence-electron chi connectivity index (χ2n) is 5.48. The summed E-state index contributed by atoms with van der Waals surface area (Å²) in [6.45, 7) is 3.01. The summed E-state index contributed by atoms with van der Waals surface area (Å²) in [5.74, 6) is 0.478. The summed E-state index contributed by atoms with van der Waals surface area (Å²) in [6.07, 6.45) is 2.22. The molecule has 1 amide bonds. The molecule has 3 nitrogen and oxygen atoms in total. The number of rotatable bonds is 2. The third-order valence-electron chi connectivity index (χ3n) is 3.98. The normalized spacial score (nSPS) is 21.6. The van der Waals surface area contributed by atoms with E-state index in [1.165, 1.54) is 0 Å². The molecule has 2 fully saturated rings. The summed E-state index contributed by atoms with van der Waals surface area (Å²) in [6, 6.07) is 5.79. The van der Waals surface area contributed by atoms with Crippen LogP contribution in [0, 0.1) is 16.4 Å². The Hall–Kier alpha value is -0.620. The van der Waals surface area contributed by atoms with Crippen molar-refractivity contribution < 1.29 is 9.90 Å². The lowest BCUT2D eigenvalue weighted by Gasteiger charge is -2.47. The van der Waals surface area contributed by atoms with Crippen molar-refractivity contribution in [1.82, 2.24) is 4.90 Å². The first-order chi connectivity index (χ1) is 8.51. The van der Waals surface area contributed by atoms with Crippen molar-refractivity contribution in [3.05, 3.63) is 32.9 Å². The van der Waals surface area contributed by atoms with Crippen molar-refractivity contribution in [2.24, 2.45) is 5.92 Å². The molecule has 2 aliphatic rings. The van der Waals surface area contributed by atoms with Gasteiger partial charge in [0.05, 0.1) is 18.7 Å². The van der Waals surface area contributed by atoms with E-state index in [2.05, 4.69) is 22.6 Å². The van der Waals surface area contributed by atoms with E-state index < -0.39 is 5.60 Å². The average Bonchev–Trinajstić information content (AvgIpc) is 3.12. The van der Waals surface area contributed by atoms with Crippen LogP contribution in [-0.2, 0) is 0 Å². The number of carbonyl (C=O) groups is 1. The summed E-state index contributed by atoms with van der Waals surface area (Å²) in [5, 5.41) is 10.2. The largest absolute Gasteiger partial charge is 0.386 e. The highest BCUT2D eigenvalue weighted by Gasteiger charge is 2.53. The topological polar surface area (TPSA) is 40.5 Å². The van der Waals surface area contributed by atoms with Crippen molar-refractivity contribution in [1.29, 1.82) is 0 Å². The van der Waals surface area contributed by atoms with E-state index in [0.717, 1.165) is 27.5 Å². The molecule has 0 atom stereocenters. The number of β-amino-alcohol motifs (C(OH)–C–C–N with tert-alkyl or cyclic N) is 1. The van der Waals surface area contributed by atoms with Crippen molar-refractivity contribution in [2.45, 2.75) is 25.4 Å². The van der Waals surface area contributed by atoms with Crippen LogP contribution in [0.25, 0.3) is 0 Å². The number of aryl methyl sites for hydroxylation is 1. The lowest BCUT2D eigenvalue weighted by atomic mass is 9.88. The van der Waals surface area contributed by atoms with Gasteiger partial charge in [-0.15, -0.1) is 0 Å². The Morgan fingerprint density at radius 2 is 2.11 bits per heavy atom. The summed E-state index contributed by atoms with van der Waals surface area (Å²) in [4.78, 5) is 14.1. The number of halogens is 1. The minimum absolute atomic E-state index is 0.0495. The Labute approximate surface area is 120 Å². The van der Waals surface area contributed by atoms with E-state index in [4.69, 9.17) is 0 Å². The number of benzene rings is 1. The third kappa shape index (κ3) is 1.95. The number of carbonyl (C=O) groups excluding carboxylic acids is 1. The molecule has 1 saturated heterocycles. The van der Waals surface area contributed by atoms with Crippen LogP contribution >= 0.6 is 22.6 Å². The van der Waals surface area contributed by atoms with Crippen LogP contribution < -0.4 is 0 Å². The maximum atomic E-state index is 12.3. The number of amides is 1. The predicted octanol–water partition coefficient (Wildman–Crippen LogP) is 2.20. The summed E-state index contributed by atoms with van der Waals surface area (Å²) >= 11 is 2.22. The van der Waals surface area contributed by atoms with Gasteiger partial charge in [-0.05, 0) is 59.9 Å². The zero-order valence-corrected chi connectivity index (χ0v) is 12.5. The fraction of sp³-hybridized carbons (Fsp3) is 0.500. The van der Waals surface area contributed by atoms with Gasteiger partial charge in [-0.3, -0.25) is 4.79 Å². The van der Waals surface area contributed by atoms with Gasteiger partial charge in [0.2, 0.25) is 0 Å². The van der Waals surface area contributed by atoms with Crippen LogP contribution in [0.1, 0.15) is 28.8 Å². The van der Waals surface area contributed by atoms with E-state index >= 15 is 0 Å². The number of aliphatic hydroxyl groups is 1. The van der Waals surface area contributed by atoms with Crippen LogP contribution in [0.5, 0.6) is 0 Å². The molecular formula is C14H16INO2. The van der Waals surface area contributed by atoms with Gasteiger partial charge in [0.25, 0.3) is 5.91 Å². The number of nitrogens with zero attached hydrogens (tertiary/aromatic N) is 1. The van der Waals surface area contributed by atoms with Gasteiger partial charge in [0.1, 0.15) is 5.60 Å². The van der Waals surface area contributed by atoms with Gasteiger partial charge in [-0.1, -0.05) is 12.1 Å². The van der Waals surface area contributed by atoms with Gasteiger partial charge in [0.15, 0.2) is 0 Å². The molecule has 0 bridgehead atoms. The van der Waals surface area contributed by atoms with Crippen LogP contribution in [0.3, 0.4) is 0 Å². The highest BCUT2D eigenvalue weighted by Crippen LogP contribution is 2.44. The predicted molar refractivity (Wildman–Crippen MR) is 77.5 cm³/mol. The van der Waals surface area contributed by atoms with Crippen molar-refractivity contribution >= 4 is 28.5 Å². The number of likely N-dealkylation sites (tertiary alicyclic amines) is 1. The Morgan fingerprint density at radius 3 is 2.72 bits per heavy atom. The van der Waals surface area contributed by atoms with Crippen LogP contribution in [0.4, 0.5) is 0 Å². The minimum Gasteiger partial charge on any atom is -0.386 e. The van der Waals surface area contributed by atoms with Gasteiger partial charge in [-0.25, -0.2) is 0 Å². The molecule has 1 aliphatic heterocycles. The Balaban J connectivity index is 1.74. The lowest BCUT2D eigenvalue weighted by molar-refractivity contribution is -0.0958. The van der Waals surface area contributed by atoms with Gasteiger partial charge in [0, 0.05) is 3.57 Å². The highest BCUT2D eigenvalue weighted by molar-refractivity contribution is 14.1. The van der Waals surface area contributed by atoms with E-state index in [1.807, 2.05) is 25.1 Å². The quantitative estimate of drug-likeness (QED) is 0.825. The summed E-state index contributed by atoms with van der Waals surface area (Å²) in [5.41, 5.74) is 1.29. The molecular weight excluding hydrogens is 341 g/mol. The Kier molecular flexibility index (Phi) is 2.90. The van der Waals surface area contributed by atoms with E-state index in [0.29, 0.717) is 19.0 Å². The molecule has 1 N–H and O–H groups in total. The lowest BCUT2D eigenvalue weighted by Crippen LogP contribution is -2.64. The molecule has 1 saturated carbocycles. The van der Waals surface area contributed by atoms with Gasteiger partial charge >= 0.3 is 0 Å². The maximum Gasteiger partial charge on any atom is 0.255 e. The van der Waals surface area contributed by atoms with E-state index in [1.54, 1.807) is 4.90 Å². The number of hydrogen-bond acceptors (Lipinski definition) is 2. The molecule has 1 aliphatic carbocycles. The van der Waals surface area contributed by atoms with Crippen molar-refractivity contribution in [2.75, 3.05) is 13.1 Å². The summed E-state index contributed by atoms with van der Waals surface area (Å²) < 4.78 is 1.02. The fourth-order valence-electron chi connectivity index (χ4n) is 2.62.